The Kier molecular flexibility index (Phi) is 15.0. The summed E-state index contributed by atoms with van der Waals surface area (Å²) in [5.41, 5.74) is 2.72. The predicted molar refractivity (Wildman–Crippen MR) is 235 cm³/mol. The van der Waals surface area contributed by atoms with Crippen LogP contribution in [0.2, 0.25) is 0 Å². The van der Waals surface area contributed by atoms with Gasteiger partial charge in [-0.05, 0) is 90.3 Å². The molecule has 6 atom stereocenters. The fourth-order valence-corrected chi connectivity index (χ4v) is 7.10. The molecule has 65 heavy (non-hydrogen) atoms. The third-order valence-electron chi connectivity index (χ3n) is 10.4. The molecule has 0 aliphatic carbocycles. The van der Waals surface area contributed by atoms with Crippen LogP contribution >= 0.6 is 0 Å². The Hall–Kier alpha value is -7.77. The highest BCUT2D eigenvalue weighted by Gasteiger charge is 2.56. The average molecular weight is 879 g/mol. The summed E-state index contributed by atoms with van der Waals surface area (Å²) in [6.45, 7) is 2.73. The van der Waals surface area contributed by atoms with Crippen molar-refractivity contribution in [2.45, 2.75) is 63.7 Å². The molecule has 0 radical (unpaired) electrons. The number of rotatable bonds is 16. The highest BCUT2D eigenvalue weighted by molar-refractivity contribution is 5.91. The fraction of sp³-hybridized carbons (Fsp3) is 0.212. The summed E-state index contributed by atoms with van der Waals surface area (Å²) in [6.07, 6.45) is -8.84. The molecule has 0 N–H and O–H groups in total. The lowest BCUT2D eigenvalue weighted by Gasteiger charge is -2.45. The van der Waals surface area contributed by atoms with Crippen molar-refractivity contribution >= 4 is 29.8 Å². The van der Waals surface area contributed by atoms with Crippen LogP contribution < -0.4 is 9.47 Å². The van der Waals surface area contributed by atoms with Crippen molar-refractivity contribution < 1.29 is 61.9 Å². The zero-order valence-electron chi connectivity index (χ0n) is 35.8. The zero-order valence-corrected chi connectivity index (χ0v) is 35.8. The van der Waals surface area contributed by atoms with E-state index in [0.717, 1.165) is 5.56 Å². The Balaban J connectivity index is 1.36. The van der Waals surface area contributed by atoms with Gasteiger partial charge in [0.1, 0.15) is 30.3 Å². The van der Waals surface area contributed by atoms with Gasteiger partial charge in [-0.1, -0.05) is 97.1 Å². The highest BCUT2D eigenvalue weighted by atomic mass is 16.7. The summed E-state index contributed by atoms with van der Waals surface area (Å²) < 4.78 is 49.0. The number of esters is 5. The first-order valence-corrected chi connectivity index (χ1v) is 20.8. The van der Waals surface area contributed by atoms with Gasteiger partial charge in [-0.3, -0.25) is 4.79 Å². The van der Waals surface area contributed by atoms with Gasteiger partial charge in [-0.15, -0.1) is 0 Å². The van der Waals surface area contributed by atoms with Crippen LogP contribution in [0, 0.1) is 0 Å². The van der Waals surface area contributed by atoms with Crippen LogP contribution in [0.3, 0.4) is 0 Å². The van der Waals surface area contributed by atoms with E-state index < -0.39 is 66.7 Å². The van der Waals surface area contributed by atoms with E-state index in [0.29, 0.717) is 23.3 Å². The predicted octanol–water partition coefficient (Wildman–Crippen LogP) is 8.38. The second-order valence-electron chi connectivity index (χ2n) is 15.0. The molecule has 1 aliphatic heterocycles. The van der Waals surface area contributed by atoms with Crippen LogP contribution in [0.4, 0.5) is 0 Å². The third-order valence-corrected chi connectivity index (χ3v) is 10.4. The summed E-state index contributed by atoms with van der Waals surface area (Å²) in [6, 6.07) is 45.2. The van der Waals surface area contributed by atoms with E-state index >= 15 is 0 Å². The number of hydrogen-bond donors (Lipinski definition) is 0. The minimum atomic E-state index is -1.65. The molecule has 1 fully saturated rings. The van der Waals surface area contributed by atoms with Gasteiger partial charge in [0.05, 0.1) is 29.4 Å². The first-order valence-electron chi connectivity index (χ1n) is 20.8. The van der Waals surface area contributed by atoms with Crippen molar-refractivity contribution in [3.8, 4) is 11.5 Å². The molecule has 1 heterocycles. The van der Waals surface area contributed by atoms with Gasteiger partial charge in [0.2, 0.25) is 12.4 Å². The molecule has 0 spiro atoms. The van der Waals surface area contributed by atoms with Crippen molar-refractivity contribution in [2.75, 3.05) is 7.11 Å². The zero-order chi connectivity index (χ0) is 45.7. The van der Waals surface area contributed by atoms with Crippen LogP contribution in [-0.4, -0.2) is 73.8 Å². The minimum absolute atomic E-state index is 0.101. The normalized spacial score (nSPS) is 18.2. The lowest BCUT2D eigenvalue weighted by atomic mass is 9.94. The first kappa shape index (κ1) is 45.3. The van der Waals surface area contributed by atoms with E-state index in [9.17, 15) is 24.0 Å². The summed E-state index contributed by atoms with van der Waals surface area (Å²) in [4.78, 5) is 67.9. The van der Waals surface area contributed by atoms with Crippen molar-refractivity contribution in [2.24, 2.45) is 0 Å². The van der Waals surface area contributed by atoms with E-state index in [1.807, 2.05) is 24.3 Å². The number of methoxy groups -OCH3 is 1. The Bertz CT molecular complexity index is 2550. The molecule has 0 saturated carbocycles. The molecule has 13 nitrogen and oxygen atoms in total. The van der Waals surface area contributed by atoms with Crippen molar-refractivity contribution in [3.63, 3.8) is 0 Å². The Morgan fingerprint density at radius 3 is 1.51 bits per heavy atom. The molecule has 6 aromatic rings. The highest BCUT2D eigenvalue weighted by Crippen LogP contribution is 2.36. The minimum Gasteiger partial charge on any atom is -0.497 e. The fourth-order valence-electron chi connectivity index (χ4n) is 7.10. The number of carbonyl (C=O) groups excluding carboxylic acids is 5. The summed E-state index contributed by atoms with van der Waals surface area (Å²) in [5, 5.41) is 0. The van der Waals surface area contributed by atoms with E-state index in [-0.39, 0.29) is 34.6 Å². The van der Waals surface area contributed by atoms with Crippen molar-refractivity contribution in [1.82, 2.24) is 0 Å². The first-order chi connectivity index (χ1) is 31.6. The Labute approximate surface area is 375 Å². The standard InChI is InChI=1S/C52H46O13/c1-33(60-48(54)37-16-8-4-9-17-37)44-45(62-49(55)38-18-10-5-11-19-38)46(63-50(56)39-20-12-6-13-21-39)47(64-51(57)40-22-14-7-15-23-40)52(65-44)61-43-31-36(32-59-34(2)53)24-27-41(43)30-35-25-28-42(58-3)29-26-35/h4-29,31,33,44-47,52H,30,32H2,1-3H3/t33-,44+,45+,46-,47+,52+/m0/s1. The maximum atomic E-state index is 14.2. The molecule has 332 valence electrons. The molecular formula is C52H46O13. The van der Waals surface area contributed by atoms with Gasteiger partial charge >= 0.3 is 29.8 Å². The number of carbonyl (C=O) groups is 5. The van der Waals surface area contributed by atoms with Crippen LogP contribution in [0.5, 0.6) is 11.5 Å². The smallest absolute Gasteiger partial charge is 0.338 e. The maximum absolute atomic E-state index is 14.2. The quantitative estimate of drug-likeness (QED) is 0.0675. The molecular weight excluding hydrogens is 833 g/mol. The average Bonchev–Trinajstić information content (AvgIpc) is 3.34. The summed E-state index contributed by atoms with van der Waals surface area (Å²) >= 11 is 0. The van der Waals surface area contributed by atoms with Crippen molar-refractivity contribution in [3.05, 3.63) is 203 Å². The molecule has 7 rings (SSSR count). The van der Waals surface area contributed by atoms with Gasteiger partial charge in [-0.2, -0.15) is 0 Å². The SMILES string of the molecule is COc1ccc(Cc2ccc(COC(C)=O)cc2O[C@@H]2O[C@H]([C@H](C)OC(=O)c3ccccc3)[C@@H](OC(=O)c3ccccc3)[C@H](OC(=O)c3ccccc3)[C@H]2OC(=O)c2ccccc2)cc1. The second kappa shape index (κ2) is 21.5. The topological polar surface area (TPSA) is 159 Å². The Morgan fingerprint density at radius 1 is 0.554 bits per heavy atom. The van der Waals surface area contributed by atoms with E-state index in [1.54, 1.807) is 122 Å². The number of benzene rings is 6. The van der Waals surface area contributed by atoms with Crippen molar-refractivity contribution in [1.29, 1.82) is 0 Å². The van der Waals surface area contributed by atoms with E-state index in [2.05, 4.69) is 0 Å². The lowest BCUT2D eigenvalue weighted by molar-refractivity contribution is -0.284. The number of hydrogen-bond acceptors (Lipinski definition) is 13. The molecule has 1 aliphatic rings. The summed E-state index contributed by atoms with van der Waals surface area (Å²) in [5.74, 6) is -2.87. The van der Waals surface area contributed by atoms with Crippen LogP contribution in [0.25, 0.3) is 0 Å². The van der Waals surface area contributed by atoms with Gasteiger partial charge < -0.3 is 37.9 Å². The molecule has 13 heteroatoms. The van der Waals surface area contributed by atoms with Crippen LogP contribution in [0.1, 0.15) is 72.0 Å². The maximum Gasteiger partial charge on any atom is 0.338 e. The molecule has 0 unspecified atom stereocenters. The molecule has 6 aromatic carbocycles. The van der Waals surface area contributed by atoms with Gasteiger partial charge in [0.15, 0.2) is 12.2 Å². The van der Waals surface area contributed by atoms with E-state index in [1.165, 1.54) is 38.1 Å². The Morgan fingerprint density at radius 2 is 1.02 bits per heavy atom. The van der Waals surface area contributed by atoms with Gasteiger partial charge in [-0.25, -0.2) is 19.2 Å². The van der Waals surface area contributed by atoms with Gasteiger partial charge in [0, 0.05) is 13.3 Å². The molecule has 0 aromatic heterocycles. The van der Waals surface area contributed by atoms with Crippen LogP contribution in [-0.2, 0) is 46.2 Å². The van der Waals surface area contributed by atoms with Crippen LogP contribution in [0.15, 0.2) is 164 Å². The monoisotopic (exact) mass is 878 g/mol. The number of ether oxygens (including phenoxy) is 8. The largest absolute Gasteiger partial charge is 0.497 e. The van der Waals surface area contributed by atoms with E-state index in [4.69, 9.17) is 37.9 Å². The summed E-state index contributed by atoms with van der Waals surface area (Å²) in [7, 11) is 1.57. The molecule has 0 bridgehead atoms. The lowest BCUT2D eigenvalue weighted by Crippen LogP contribution is -2.65. The molecule has 0 amide bonds. The van der Waals surface area contributed by atoms with Gasteiger partial charge in [0.25, 0.3) is 0 Å². The third kappa shape index (κ3) is 11.8. The second-order valence-corrected chi connectivity index (χ2v) is 15.0. The molecule has 1 saturated heterocycles.